The molecule has 1 N–H and O–H groups in total. The summed E-state index contributed by atoms with van der Waals surface area (Å²) in [5.41, 5.74) is 1.36. The van der Waals surface area contributed by atoms with Crippen LogP contribution in [0.15, 0.2) is 11.6 Å². The highest BCUT2D eigenvalue weighted by atomic mass is 16.3. The summed E-state index contributed by atoms with van der Waals surface area (Å²) in [4.78, 5) is 24.2. The minimum Gasteiger partial charge on any atom is -0.392 e. The molecule has 0 radical (unpaired) electrons. The maximum absolute atomic E-state index is 12.2. The molecule has 3 nitrogen and oxygen atoms in total. The number of aliphatic hydroxyl groups excluding tert-OH is 1. The summed E-state index contributed by atoms with van der Waals surface area (Å²) in [6.45, 7) is 6.17. The van der Waals surface area contributed by atoms with Crippen molar-refractivity contribution < 1.29 is 14.7 Å². The van der Waals surface area contributed by atoms with E-state index in [9.17, 15) is 14.7 Å². The highest BCUT2D eigenvalue weighted by Gasteiger charge is 2.62. The predicted molar refractivity (Wildman–Crippen MR) is 87.7 cm³/mol. The highest BCUT2D eigenvalue weighted by molar-refractivity contribution is 5.94. The van der Waals surface area contributed by atoms with E-state index in [1.54, 1.807) is 6.92 Å². The van der Waals surface area contributed by atoms with Crippen molar-refractivity contribution in [2.24, 2.45) is 34.5 Å². The van der Waals surface area contributed by atoms with Crippen LogP contribution < -0.4 is 0 Å². The van der Waals surface area contributed by atoms with E-state index in [2.05, 4.69) is 13.8 Å². The number of ketones is 2. The molecule has 7 atom stereocenters. The van der Waals surface area contributed by atoms with Crippen LogP contribution in [0.3, 0.4) is 0 Å². The molecule has 0 bridgehead atoms. The molecule has 4 aliphatic rings. The minimum absolute atomic E-state index is 0.0423. The lowest BCUT2D eigenvalue weighted by atomic mass is 9.48. The van der Waals surface area contributed by atoms with Crippen LogP contribution in [0, 0.1) is 34.5 Å². The molecule has 126 valence electrons. The van der Waals surface area contributed by atoms with E-state index < -0.39 is 6.10 Å². The smallest absolute Gasteiger partial charge is 0.156 e. The van der Waals surface area contributed by atoms with Gasteiger partial charge in [-0.25, -0.2) is 0 Å². The molecule has 23 heavy (non-hydrogen) atoms. The van der Waals surface area contributed by atoms with Crippen molar-refractivity contribution in [2.45, 2.75) is 65.4 Å². The molecule has 0 aliphatic heterocycles. The van der Waals surface area contributed by atoms with Crippen molar-refractivity contribution in [1.29, 1.82) is 0 Å². The van der Waals surface area contributed by atoms with E-state index in [1.165, 1.54) is 5.57 Å². The summed E-state index contributed by atoms with van der Waals surface area (Å²) in [6.07, 6.45) is 7.12. The summed E-state index contributed by atoms with van der Waals surface area (Å²) in [7, 11) is 0. The zero-order valence-corrected chi connectivity index (χ0v) is 14.5. The summed E-state index contributed by atoms with van der Waals surface area (Å²) >= 11 is 0. The molecule has 0 aromatic rings. The van der Waals surface area contributed by atoms with E-state index in [1.807, 2.05) is 6.08 Å². The van der Waals surface area contributed by atoms with Gasteiger partial charge in [0.2, 0.25) is 0 Å². The second-order valence-corrected chi connectivity index (χ2v) is 9.08. The van der Waals surface area contributed by atoms with Crippen LogP contribution in [0.1, 0.15) is 59.3 Å². The standard InChI is InChI=1S/C20H28O3/c1-11(21)18-17(23)9-16-14-5-4-12-8-13(22)10-20(12,3)15(14)6-7-19(16,18)2/h8,14-18,23H,4-7,9-10H2,1-3H3/t14-,15+,16+,17-,18+,19+,20+/m1/s1. The lowest BCUT2D eigenvalue weighted by Crippen LogP contribution is -2.49. The molecule has 4 aliphatic carbocycles. The van der Waals surface area contributed by atoms with Crippen LogP contribution in [-0.2, 0) is 9.59 Å². The number of aliphatic hydroxyl groups is 1. The molecule has 3 fully saturated rings. The fourth-order valence-corrected chi connectivity index (χ4v) is 7.16. The topological polar surface area (TPSA) is 54.4 Å². The van der Waals surface area contributed by atoms with Gasteiger partial charge in [-0.1, -0.05) is 19.4 Å². The second kappa shape index (κ2) is 4.78. The summed E-state index contributed by atoms with van der Waals surface area (Å²) in [5.74, 6) is 1.79. The molecule has 3 heteroatoms. The number of carbonyl (C=O) groups is 2. The van der Waals surface area contributed by atoms with Gasteiger partial charge in [0.15, 0.2) is 5.78 Å². The second-order valence-electron chi connectivity index (χ2n) is 9.08. The van der Waals surface area contributed by atoms with Crippen molar-refractivity contribution in [1.82, 2.24) is 0 Å². The average molecular weight is 316 g/mol. The van der Waals surface area contributed by atoms with Crippen LogP contribution in [0.2, 0.25) is 0 Å². The Kier molecular flexibility index (Phi) is 3.23. The normalized spacial score (nSPS) is 51.7. The number of hydrogen-bond donors (Lipinski definition) is 1. The Hall–Kier alpha value is -0.960. The first-order chi connectivity index (χ1) is 10.8. The third kappa shape index (κ3) is 1.92. The Bertz CT molecular complexity index is 606. The maximum atomic E-state index is 12.2. The molecule has 4 rings (SSSR count). The van der Waals surface area contributed by atoms with E-state index in [-0.39, 0.29) is 22.5 Å². The zero-order chi connectivity index (χ0) is 16.6. The average Bonchev–Trinajstić information content (AvgIpc) is 2.89. The van der Waals surface area contributed by atoms with Gasteiger partial charge in [-0.2, -0.15) is 0 Å². The molecule has 0 spiro atoms. The predicted octanol–water partition coefficient (Wildman–Crippen LogP) is 3.30. The van der Waals surface area contributed by atoms with Crippen molar-refractivity contribution in [3.63, 3.8) is 0 Å². The molecular formula is C20H28O3. The Labute approximate surface area is 138 Å². The van der Waals surface area contributed by atoms with E-state index >= 15 is 0 Å². The minimum atomic E-state index is -0.476. The van der Waals surface area contributed by atoms with E-state index in [4.69, 9.17) is 0 Å². The van der Waals surface area contributed by atoms with Crippen LogP contribution in [-0.4, -0.2) is 22.8 Å². The Morgan fingerprint density at radius 2 is 2.00 bits per heavy atom. The van der Waals surface area contributed by atoms with Crippen LogP contribution in [0.25, 0.3) is 0 Å². The Morgan fingerprint density at radius 3 is 2.70 bits per heavy atom. The van der Waals surface area contributed by atoms with Crippen LogP contribution >= 0.6 is 0 Å². The molecule has 0 heterocycles. The number of Topliss-reactive ketones (excluding diaryl/α,β-unsaturated/α-hetero) is 1. The Balaban J connectivity index is 1.69. The first-order valence-electron chi connectivity index (χ1n) is 9.20. The van der Waals surface area contributed by atoms with E-state index in [0.717, 1.165) is 32.1 Å². The third-order valence-corrected chi connectivity index (χ3v) is 8.08. The zero-order valence-electron chi connectivity index (χ0n) is 14.5. The number of carbonyl (C=O) groups excluding carboxylic acids is 2. The van der Waals surface area contributed by atoms with Crippen LogP contribution in [0.4, 0.5) is 0 Å². The lowest BCUT2D eigenvalue weighted by Gasteiger charge is -2.56. The molecule has 0 saturated heterocycles. The SMILES string of the molecule is CC(=O)[C@H]1[C@H](O)C[C@H]2[C@@H]3CCC4=CC(=O)C[C@]4(C)[C@H]3CC[C@@]21C. The summed E-state index contributed by atoms with van der Waals surface area (Å²) < 4.78 is 0. The van der Waals surface area contributed by atoms with Gasteiger partial charge in [0.1, 0.15) is 5.78 Å². The van der Waals surface area contributed by atoms with Crippen molar-refractivity contribution in [3.05, 3.63) is 11.6 Å². The number of fused-ring (bicyclic) bond motifs is 5. The van der Waals surface area contributed by atoms with Crippen molar-refractivity contribution in [3.8, 4) is 0 Å². The number of rotatable bonds is 1. The molecule has 0 aromatic heterocycles. The van der Waals surface area contributed by atoms with Gasteiger partial charge in [-0.3, -0.25) is 9.59 Å². The largest absolute Gasteiger partial charge is 0.392 e. The van der Waals surface area contributed by atoms with Crippen LogP contribution in [0.5, 0.6) is 0 Å². The first-order valence-corrected chi connectivity index (χ1v) is 9.20. The van der Waals surface area contributed by atoms with Gasteiger partial charge in [0, 0.05) is 12.3 Å². The fraction of sp³-hybridized carbons (Fsp3) is 0.800. The molecular weight excluding hydrogens is 288 g/mol. The Morgan fingerprint density at radius 1 is 1.26 bits per heavy atom. The number of hydrogen-bond acceptors (Lipinski definition) is 3. The molecule has 0 unspecified atom stereocenters. The van der Waals surface area contributed by atoms with Gasteiger partial charge in [0.05, 0.1) is 6.10 Å². The van der Waals surface area contributed by atoms with Gasteiger partial charge < -0.3 is 5.11 Å². The summed E-state index contributed by atoms with van der Waals surface area (Å²) in [6, 6.07) is 0. The summed E-state index contributed by atoms with van der Waals surface area (Å²) in [5, 5.41) is 10.6. The fourth-order valence-electron chi connectivity index (χ4n) is 7.16. The lowest BCUT2D eigenvalue weighted by molar-refractivity contribution is -0.130. The quantitative estimate of drug-likeness (QED) is 0.807. The molecule has 0 aromatic carbocycles. The van der Waals surface area contributed by atoms with Gasteiger partial charge in [-0.05, 0) is 73.7 Å². The van der Waals surface area contributed by atoms with Gasteiger partial charge in [-0.15, -0.1) is 0 Å². The van der Waals surface area contributed by atoms with E-state index in [0.29, 0.717) is 30.0 Å². The molecule has 0 amide bonds. The monoisotopic (exact) mass is 316 g/mol. The number of allylic oxidation sites excluding steroid dienone is 2. The van der Waals surface area contributed by atoms with Crippen molar-refractivity contribution >= 4 is 11.6 Å². The maximum Gasteiger partial charge on any atom is 0.156 e. The van der Waals surface area contributed by atoms with Gasteiger partial charge in [0.25, 0.3) is 0 Å². The van der Waals surface area contributed by atoms with Gasteiger partial charge >= 0.3 is 0 Å². The third-order valence-electron chi connectivity index (χ3n) is 8.08. The first kappa shape index (κ1) is 15.6. The van der Waals surface area contributed by atoms with Crippen molar-refractivity contribution in [2.75, 3.05) is 0 Å². The molecule has 3 saturated carbocycles. The highest BCUT2D eigenvalue weighted by Crippen LogP contribution is 2.66.